The number of pyridine rings is 1. The van der Waals surface area contributed by atoms with Crippen LogP contribution in [0.25, 0.3) is 0 Å². The Hall–Kier alpha value is -1.66. The lowest BCUT2D eigenvalue weighted by atomic mass is 10.1. The topological polar surface area (TPSA) is 60.5 Å². The molecule has 2 aliphatic heterocycles. The molecule has 0 radical (unpaired) electrons. The normalized spacial score (nSPS) is 20.4. The second kappa shape index (κ2) is 8.26. The lowest BCUT2D eigenvalue weighted by Crippen LogP contribution is -2.48. The quantitative estimate of drug-likeness (QED) is 0.826. The maximum absolute atomic E-state index is 12.1. The molecule has 0 aromatic carbocycles. The summed E-state index contributed by atoms with van der Waals surface area (Å²) >= 11 is 0. The van der Waals surface area contributed by atoms with Gasteiger partial charge in [-0.15, -0.1) is 0 Å². The molecule has 0 spiro atoms. The minimum absolute atomic E-state index is 0.198. The van der Waals surface area contributed by atoms with E-state index in [1.165, 1.54) is 0 Å². The van der Waals surface area contributed by atoms with Gasteiger partial charge in [-0.1, -0.05) is 6.07 Å². The number of nitrogens with zero attached hydrogens (tertiary/aromatic N) is 3. The van der Waals surface area contributed by atoms with Gasteiger partial charge in [0, 0.05) is 51.4 Å². The Labute approximate surface area is 138 Å². The number of hydrogen-bond acceptors (Lipinski definition) is 5. The lowest BCUT2D eigenvalue weighted by Gasteiger charge is -2.35. The van der Waals surface area contributed by atoms with Gasteiger partial charge < -0.3 is 15.5 Å². The average molecular weight is 317 g/mol. The van der Waals surface area contributed by atoms with Crippen molar-refractivity contribution in [3.8, 4) is 0 Å². The minimum Gasteiger partial charge on any atom is -0.354 e. The Balaban J connectivity index is 1.35. The first-order valence-corrected chi connectivity index (χ1v) is 8.70. The second-order valence-electron chi connectivity index (χ2n) is 6.36. The van der Waals surface area contributed by atoms with Gasteiger partial charge in [0.25, 0.3) is 0 Å². The summed E-state index contributed by atoms with van der Waals surface area (Å²) in [5.74, 6) is 1.25. The molecule has 6 heteroatoms. The Morgan fingerprint density at radius 3 is 2.70 bits per heavy atom. The number of anilines is 1. The molecule has 1 aromatic heterocycles. The fourth-order valence-corrected chi connectivity index (χ4v) is 3.27. The number of carbonyl (C=O) groups excluding carboxylic acids is 1. The predicted octanol–water partition coefficient (Wildman–Crippen LogP) is 0.462. The van der Waals surface area contributed by atoms with Crippen molar-refractivity contribution < 1.29 is 4.79 Å². The summed E-state index contributed by atoms with van der Waals surface area (Å²) in [6.45, 7) is 6.84. The van der Waals surface area contributed by atoms with Crippen LogP contribution in [0, 0.1) is 0 Å². The van der Waals surface area contributed by atoms with Crippen LogP contribution in [0.15, 0.2) is 24.4 Å². The van der Waals surface area contributed by atoms with E-state index in [1.807, 2.05) is 18.3 Å². The molecule has 2 N–H and O–H groups in total. The van der Waals surface area contributed by atoms with Crippen LogP contribution in [0.3, 0.4) is 0 Å². The largest absolute Gasteiger partial charge is 0.354 e. The number of piperidine rings is 1. The predicted molar refractivity (Wildman–Crippen MR) is 91.5 cm³/mol. The van der Waals surface area contributed by atoms with Crippen LogP contribution in [-0.4, -0.2) is 67.6 Å². The van der Waals surface area contributed by atoms with Gasteiger partial charge in [0.05, 0.1) is 0 Å². The summed E-state index contributed by atoms with van der Waals surface area (Å²) in [7, 11) is 0. The van der Waals surface area contributed by atoms with E-state index in [1.54, 1.807) is 0 Å². The van der Waals surface area contributed by atoms with Crippen molar-refractivity contribution in [1.29, 1.82) is 0 Å². The van der Waals surface area contributed by atoms with Gasteiger partial charge in [-0.05, 0) is 38.1 Å². The third-order valence-corrected chi connectivity index (χ3v) is 4.70. The molecule has 2 fully saturated rings. The van der Waals surface area contributed by atoms with Crippen LogP contribution in [-0.2, 0) is 4.79 Å². The number of nitrogens with one attached hydrogen (secondary N) is 2. The molecule has 3 heterocycles. The Morgan fingerprint density at radius 1 is 1.22 bits per heavy atom. The maximum atomic E-state index is 12.1. The summed E-state index contributed by atoms with van der Waals surface area (Å²) in [6.07, 6.45) is 4.54. The molecule has 0 bridgehead atoms. The van der Waals surface area contributed by atoms with Crippen LogP contribution in [0.1, 0.15) is 19.3 Å². The summed E-state index contributed by atoms with van der Waals surface area (Å²) in [4.78, 5) is 21.2. The number of rotatable bonds is 5. The first kappa shape index (κ1) is 16.2. The molecule has 23 heavy (non-hydrogen) atoms. The highest BCUT2D eigenvalue weighted by Gasteiger charge is 2.19. The smallest absolute Gasteiger partial charge is 0.221 e. The lowest BCUT2D eigenvalue weighted by molar-refractivity contribution is -0.122. The molecule has 126 valence electrons. The zero-order chi connectivity index (χ0) is 15.9. The first-order valence-electron chi connectivity index (χ1n) is 8.70. The fourth-order valence-electron chi connectivity index (χ4n) is 3.27. The molecule has 2 aliphatic rings. The van der Waals surface area contributed by atoms with Crippen molar-refractivity contribution in [2.24, 2.45) is 0 Å². The highest BCUT2D eigenvalue weighted by molar-refractivity contribution is 5.76. The summed E-state index contributed by atoms with van der Waals surface area (Å²) < 4.78 is 0. The molecule has 0 saturated carbocycles. The fraction of sp³-hybridized carbons (Fsp3) is 0.647. The zero-order valence-corrected chi connectivity index (χ0v) is 13.7. The SMILES string of the molecule is O=C(CCN1CCN(c2ccccn2)CC1)NC1CCNCC1. The monoisotopic (exact) mass is 317 g/mol. The van der Waals surface area contributed by atoms with Crippen LogP contribution in [0.5, 0.6) is 0 Å². The standard InChI is InChI=1S/C17H27N5O/c23-17(20-15-4-8-18-9-5-15)6-10-21-11-13-22(14-12-21)16-3-1-2-7-19-16/h1-3,7,15,18H,4-6,8-14H2,(H,20,23). The van der Waals surface area contributed by atoms with E-state index in [0.717, 1.165) is 64.5 Å². The number of carbonyl (C=O) groups is 1. The summed E-state index contributed by atoms with van der Waals surface area (Å²) in [6, 6.07) is 6.40. The van der Waals surface area contributed by atoms with Crippen LogP contribution in [0.2, 0.25) is 0 Å². The number of hydrogen-bond donors (Lipinski definition) is 2. The van der Waals surface area contributed by atoms with Crippen molar-refractivity contribution >= 4 is 11.7 Å². The molecular weight excluding hydrogens is 290 g/mol. The van der Waals surface area contributed by atoms with Crippen LogP contribution < -0.4 is 15.5 Å². The van der Waals surface area contributed by atoms with Crippen molar-refractivity contribution in [3.05, 3.63) is 24.4 Å². The van der Waals surface area contributed by atoms with E-state index in [-0.39, 0.29) is 5.91 Å². The van der Waals surface area contributed by atoms with E-state index in [0.29, 0.717) is 12.5 Å². The molecule has 6 nitrogen and oxygen atoms in total. The highest BCUT2D eigenvalue weighted by atomic mass is 16.1. The van der Waals surface area contributed by atoms with E-state index in [9.17, 15) is 4.79 Å². The third kappa shape index (κ3) is 4.91. The van der Waals surface area contributed by atoms with Gasteiger partial charge in [0.1, 0.15) is 5.82 Å². The molecule has 1 amide bonds. The van der Waals surface area contributed by atoms with Gasteiger partial charge in [0.15, 0.2) is 0 Å². The molecule has 0 aliphatic carbocycles. The second-order valence-corrected chi connectivity index (χ2v) is 6.36. The van der Waals surface area contributed by atoms with E-state index in [2.05, 4.69) is 31.5 Å². The van der Waals surface area contributed by atoms with E-state index < -0.39 is 0 Å². The van der Waals surface area contributed by atoms with Crippen molar-refractivity contribution in [1.82, 2.24) is 20.5 Å². The van der Waals surface area contributed by atoms with Gasteiger partial charge in [-0.3, -0.25) is 9.69 Å². The van der Waals surface area contributed by atoms with E-state index in [4.69, 9.17) is 0 Å². The molecular formula is C17H27N5O. The van der Waals surface area contributed by atoms with Gasteiger partial charge >= 0.3 is 0 Å². The molecule has 2 saturated heterocycles. The highest BCUT2D eigenvalue weighted by Crippen LogP contribution is 2.12. The molecule has 0 atom stereocenters. The van der Waals surface area contributed by atoms with Gasteiger partial charge in [-0.2, -0.15) is 0 Å². The van der Waals surface area contributed by atoms with Crippen molar-refractivity contribution in [2.75, 3.05) is 50.7 Å². The van der Waals surface area contributed by atoms with Crippen molar-refractivity contribution in [3.63, 3.8) is 0 Å². The Kier molecular flexibility index (Phi) is 5.82. The third-order valence-electron chi connectivity index (χ3n) is 4.70. The maximum Gasteiger partial charge on any atom is 0.221 e. The van der Waals surface area contributed by atoms with E-state index >= 15 is 0 Å². The minimum atomic E-state index is 0.198. The Morgan fingerprint density at radius 2 is 2.00 bits per heavy atom. The molecule has 1 aromatic rings. The first-order chi connectivity index (χ1) is 11.3. The number of piperazine rings is 1. The summed E-state index contributed by atoms with van der Waals surface area (Å²) in [5, 5.41) is 6.49. The Bertz CT molecular complexity index is 481. The van der Waals surface area contributed by atoms with Gasteiger partial charge in [-0.25, -0.2) is 4.98 Å². The van der Waals surface area contributed by atoms with Crippen LogP contribution >= 0.6 is 0 Å². The average Bonchev–Trinajstić information content (AvgIpc) is 2.62. The number of aromatic nitrogens is 1. The number of amides is 1. The zero-order valence-electron chi connectivity index (χ0n) is 13.7. The van der Waals surface area contributed by atoms with Crippen molar-refractivity contribution in [2.45, 2.75) is 25.3 Å². The summed E-state index contributed by atoms with van der Waals surface area (Å²) in [5.41, 5.74) is 0. The van der Waals surface area contributed by atoms with Crippen LogP contribution in [0.4, 0.5) is 5.82 Å². The molecule has 0 unspecified atom stereocenters. The molecule has 3 rings (SSSR count). The van der Waals surface area contributed by atoms with Gasteiger partial charge in [0.2, 0.25) is 5.91 Å².